The maximum absolute atomic E-state index is 9.63. The summed E-state index contributed by atoms with van der Waals surface area (Å²) in [5.74, 6) is -0.0981. The molecule has 0 amide bonds. The van der Waals surface area contributed by atoms with Gasteiger partial charge in [0.15, 0.2) is 0 Å². The van der Waals surface area contributed by atoms with E-state index in [1.54, 1.807) is 6.92 Å². The molecular weight excluding hydrogens is 242 g/mol. The van der Waals surface area contributed by atoms with Crippen molar-refractivity contribution in [3.8, 4) is 0 Å². The van der Waals surface area contributed by atoms with Crippen molar-refractivity contribution in [2.24, 2.45) is 5.92 Å². The van der Waals surface area contributed by atoms with Crippen LogP contribution in [0, 0.1) is 11.3 Å². The summed E-state index contributed by atoms with van der Waals surface area (Å²) in [6.45, 7) is 3.10. The third-order valence-electron chi connectivity index (χ3n) is 3.44. The molecule has 3 atom stereocenters. The van der Waals surface area contributed by atoms with Crippen molar-refractivity contribution < 1.29 is 14.6 Å². The Labute approximate surface area is 113 Å². The number of hydrogen-bond donors (Lipinski definition) is 2. The van der Waals surface area contributed by atoms with Crippen molar-refractivity contribution in [1.82, 2.24) is 0 Å². The van der Waals surface area contributed by atoms with E-state index >= 15 is 0 Å². The second kappa shape index (κ2) is 6.80. The minimum Gasteiger partial charge on any atom is -0.393 e. The molecule has 1 heterocycles. The van der Waals surface area contributed by atoms with Crippen LogP contribution >= 0.6 is 0 Å². The fourth-order valence-corrected chi connectivity index (χ4v) is 2.29. The summed E-state index contributed by atoms with van der Waals surface area (Å²) in [6, 6.07) is 10.00. The molecule has 0 aromatic heterocycles. The lowest BCUT2D eigenvalue weighted by molar-refractivity contribution is -0.0377. The van der Waals surface area contributed by atoms with Gasteiger partial charge in [0.25, 0.3) is 0 Å². The monoisotopic (exact) mass is 263 g/mol. The number of hydrogen-bond acceptors (Lipinski definition) is 4. The van der Waals surface area contributed by atoms with Gasteiger partial charge in [-0.05, 0) is 18.9 Å². The lowest BCUT2D eigenvalue weighted by atomic mass is 9.89. The van der Waals surface area contributed by atoms with E-state index in [9.17, 15) is 5.11 Å². The van der Waals surface area contributed by atoms with Gasteiger partial charge in [-0.15, -0.1) is 0 Å². The van der Waals surface area contributed by atoms with Crippen LogP contribution in [0.1, 0.15) is 18.9 Å². The molecule has 2 rings (SSSR count). The largest absolute Gasteiger partial charge is 0.393 e. The van der Waals surface area contributed by atoms with E-state index in [0.29, 0.717) is 32.0 Å². The van der Waals surface area contributed by atoms with Gasteiger partial charge in [-0.25, -0.2) is 0 Å². The SMILES string of the molecule is CC(O)C1C[C@H](COCc2ccccc2)OCC1=N. The van der Waals surface area contributed by atoms with Gasteiger partial charge < -0.3 is 20.0 Å². The molecule has 1 aromatic rings. The van der Waals surface area contributed by atoms with Gasteiger partial charge >= 0.3 is 0 Å². The Morgan fingerprint density at radius 3 is 2.84 bits per heavy atom. The molecule has 1 aromatic carbocycles. The first-order valence-electron chi connectivity index (χ1n) is 6.65. The van der Waals surface area contributed by atoms with Crippen LogP contribution < -0.4 is 0 Å². The first-order chi connectivity index (χ1) is 9.16. The van der Waals surface area contributed by atoms with Gasteiger partial charge in [0.05, 0.1) is 32.0 Å². The molecule has 0 saturated carbocycles. The Morgan fingerprint density at radius 1 is 1.42 bits per heavy atom. The molecule has 19 heavy (non-hydrogen) atoms. The van der Waals surface area contributed by atoms with Crippen LogP contribution in [0.2, 0.25) is 0 Å². The molecule has 104 valence electrons. The molecule has 2 N–H and O–H groups in total. The molecular formula is C15H21NO3. The predicted octanol–water partition coefficient (Wildman–Crippen LogP) is 2.01. The van der Waals surface area contributed by atoms with E-state index in [1.807, 2.05) is 30.3 Å². The number of ether oxygens (including phenoxy) is 2. The number of rotatable bonds is 5. The Bertz CT molecular complexity index is 405. The minimum atomic E-state index is -0.493. The quantitative estimate of drug-likeness (QED) is 0.854. The number of aliphatic hydroxyl groups is 1. The maximum atomic E-state index is 9.63. The molecule has 4 nitrogen and oxygen atoms in total. The van der Waals surface area contributed by atoms with E-state index in [1.165, 1.54) is 0 Å². The summed E-state index contributed by atoms with van der Waals surface area (Å²) in [7, 11) is 0. The Morgan fingerprint density at radius 2 is 2.16 bits per heavy atom. The average Bonchev–Trinajstić information content (AvgIpc) is 2.41. The van der Waals surface area contributed by atoms with Crippen LogP contribution in [0.3, 0.4) is 0 Å². The van der Waals surface area contributed by atoms with Gasteiger partial charge in [-0.1, -0.05) is 30.3 Å². The van der Waals surface area contributed by atoms with Crippen LogP contribution in [-0.2, 0) is 16.1 Å². The topological polar surface area (TPSA) is 62.5 Å². The highest BCUT2D eigenvalue weighted by Gasteiger charge is 2.30. The fraction of sp³-hybridized carbons (Fsp3) is 0.533. The summed E-state index contributed by atoms with van der Waals surface area (Å²) in [5, 5.41) is 17.4. The maximum Gasteiger partial charge on any atom is 0.0850 e. The van der Waals surface area contributed by atoms with Crippen molar-refractivity contribution in [1.29, 1.82) is 5.41 Å². The van der Waals surface area contributed by atoms with Crippen LogP contribution in [-0.4, -0.2) is 36.2 Å². The molecule has 0 spiro atoms. The summed E-state index contributed by atoms with van der Waals surface area (Å²) < 4.78 is 11.2. The fourth-order valence-electron chi connectivity index (χ4n) is 2.29. The van der Waals surface area contributed by atoms with E-state index in [0.717, 1.165) is 5.56 Å². The van der Waals surface area contributed by atoms with Crippen molar-refractivity contribution in [2.45, 2.75) is 32.2 Å². The smallest absolute Gasteiger partial charge is 0.0850 e. The first-order valence-corrected chi connectivity index (χ1v) is 6.65. The summed E-state index contributed by atoms with van der Waals surface area (Å²) >= 11 is 0. The van der Waals surface area contributed by atoms with Crippen molar-refractivity contribution in [2.75, 3.05) is 13.2 Å². The van der Waals surface area contributed by atoms with Crippen LogP contribution in [0.25, 0.3) is 0 Å². The third kappa shape index (κ3) is 4.13. The number of aliphatic hydroxyl groups excluding tert-OH is 1. The van der Waals surface area contributed by atoms with Crippen molar-refractivity contribution in [3.63, 3.8) is 0 Å². The molecule has 1 aliphatic rings. The normalized spacial score (nSPS) is 25.3. The lowest BCUT2D eigenvalue weighted by Gasteiger charge is -2.31. The Hall–Kier alpha value is -1.23. The third-order valence-corrected chi connectivity index (χ3v) is 3.44. The standard InChI is InChI=1S/C15H21NO3/c1-11(17)14-7-13(19-10-15(14)16)9-18-8-12-5-3-2-4-6-12/h2-6,11,13-14,16-17H,7-10H2,1H3/t11?,13-,14?/m1/s1. The zero-order valence-corrected chi connectivity index (χ0v) is 11.2. The van der Waals surface area contributed by atoms with Crippen LogP contribution in [0.5, 0.6) is 0 Å². The molecule has 0 bridgehead atoms. The lowest BCUT2D eigenvalue weighted by Crippen LogP contribution is -2.40. The zero-order valence-electron chi connectivity index (χ0n) is 11.2. The van der Waals surface area contributed by atoms with Crippen LogP contribution in [0.4, 0.5) is 0 Å². The first kappa shape index (κ1) is 14.2. The second-order valence-electron chi connectivity index (χ2n) is 5.04. The highest BCUT2D eigenvalue weighted by atomic mass is 16.5. The highest BCUT2D eigenvalue weighted by molar-refractivity contribution is 5.86. The molecule has 0 radical (unpaired) electrons. The van der Waals surface area contributed by atoms with Crippen molar-refractivity contribution in [3.05, 3.63) is 35.9 Å². The van der Waals surface area contributed by atoms with Gasteiger partial charge in [0.1, 0.15) is 0 Å². The predicted molar refractivity (Wildman–Crippen MR) is 73.4 cm³/mol. The van der Waals surface area contributed by atoms with E-state index < -0.39 is 6.10 Å². The number of benzene rings is 1. The van der Waals surface area contributed by atoms with Gasteiger partial charge in [-0.2, -0.15) is 0 Å². The average molecular weight is 263 g/mol. The zero-order chi connectivity index (χ0) is 13.7. The molecule has 1 saturated heterocycles. The Balaban J connectivity index is 1.76. The number of nitrogens with one attached hydrogen (secondary N) is 1. The highest BCUT2D eigenvalue weighted by Crippen LogP contribution is 2.21. The van der Waals surface area contributed by atoms with Crippen LogP contribution in [0.15, 0.2) is 30.3 Å². The van der Waals surface area contributed by atoms with E-state index in [4.69, 9.17) is 14.9 Å². The Kier molecular flexibility index (Phi) is 5.07. The summed E-state index contributed by atoms with van der Waals surface area (Å²) in [5.41, 5.74) is 1.62. The molecule has 2 unspecified atom stereocenters. The van der Waals surface area contributed by atoms with Gasteiger partial charge in [0.2, 0.25) is 0 Å². The molecule has 1 aliphatic heterocycles. The molecule has 0 aliphatic carbocycles. The van der Waals surface area contributed by atoms with E-state index in [2.05, 4.69) is 0 Å². The second-order valence-corrected chi connectivity index (χ2v) is 5.04. The minimum absolute atomic E-state index is 0.0302. The summed E-state index contributed by atoms with van der Waals surface area (Å²) in [4.78, 5) is 0. The summed E-state index contributed by atoms with van der Waals surface area (Å²) in [6.07, 6.45) is 0.135. The molecule has 1 fully saturated rings. The van der Waals surface area contributed by atoms with E-state index in [-0.39, 0.29) is 12.0 Å². The van der Waals surface area contributed by atoms with Crippen molar-refractivity contribution >= 4 is 5.71 Å². The van der Waals surface area contributed by atoms with Gasteiger partial charge in [0, 0.05) is 11.6 Å². The molecule has 4 heteroatoms. The van der Waals surface area contributed by atoms with Gasteiger partial charge in [-0.3, -0.25) is 0 Å².